The summed E-state index contributed by atoms with van der Waals surface area (Å²) in [6.45, 7) is -0.186. The fraction of sp³-hybridized carbons (Fsp3) is 0.310. The molecule has 0 bridgehead atoms. The largest absolute Gasteiger partial charge is 0.480 e. The van der Waals surface area contributed by atoms with Gasteiger partial charge < -0.3 is 38.3 Å². The minimum atomic E-state index is -3.99. The number of amides is 3. The Morgan fingerprint density at radius 2 is 1.50 bits per heavy atom. The number of benzene rings is 2. The number of nitrogens with one attached hydrogen (secondary N) is 3. The topological polar surface area (TPSA) is 237 Å². The molecule has 15 heteroatoms. The number of carbonyl (C=O) groups excluding carboxylic acids is 3. The first-order chi connectivity index (χ1) is 20.9. The third kappa shape index (κ3) is 9.09. The van der Waals surface area contributed by atoms with Gasteiger partial charge in [-0.1, -0.05) is 48.5 Å². The van der Waals surface area contributed by atoms with Crippen molar-refractivity contribution in [2.45, 2.75) is 53.6 Å². The summed E-state index contributed by atoms with van der Waals surface area (Å²) in [5, 5.41) is 18.3. The van der Waals surface area contributed by atoms with Crippen LogP contribution >= 0.6 is 11.3 Å². The first kappa shape index (κ1) is 34.2. The van der Waals surface area contributed by atoms with Crippen LogP contribution in [0.3, 0.4) is 0 Å². The fourth-order valence-corrected chi connectivity index (χ4v) is 6.85. The Morgan fingerprint density at radius 3 is 2.11 bits per heavy atom. The van der Waals surface area contributed by atoms with Crippen molar-refractivity contribution >= 4 is 50.6 Å². The molecule has 0 aliphatic heterocycles. The zero-order valence-electron chi connectivity index (χ0n) is 23.8. The van der Waals surface area contributed by atoms with E-state index in [1.165, 1.54) is 17.5 Å². The number of nitrogen functional groups attached to an aromatic ring is 1. The fourth-order valence-electron chi connectivity index (χ4n) is 4.21. The molecule has 0 aliphatic carbocycles. The van der Waals surface area contributed by atoms with Crippen LogP contribution in [0, 0.1) is 0 Å². The summed E-state index contributed by atoms with van der Waals surface area (Å²) in [5.41, 5.74) is 18.2. The number of hydrogen-bond donors (Lipinski definition) is 7. The van der Waals surface area contributed by atoms with Crippen LogP contribution in [-0.4, -0.2) is 68.4 Å². The molecule has 10 N–H and O–H groups in total. The number of aliphatic carboxylic acids is 1. The number of nitrogens with two attached hydrogens (primary N) is 3. The molecular weight excluding hydrogens is 608 g/mol. The van der Waals surface area contributed by atoms with Crippen molar-refractivity contribution in [3.63, 3.8) is 0 Å². The molecule has 13 nitrogen and oxygen atoms in total. The van der Waals surface area contributed by atoms with Gasteiger partial charge in [0.15, 0.2) is 0 Å². The third-order valence-corrected chi connectivity index (χ3v) is 9.59. The lowest BCUT2D eigenvalue weighted by Gasteiger charge is -2.23. The van der Waals surface area contributed by atoms with Gasteiger partial charge in [0.05, 0.1) is 16.6 Å². The second-order valence-corrected chi connectivity index (χ2v) is 12.7. The monoisotopic (exact) mass is 644 g/mol. The molecule has 3 amide bonds. The highest BCUT2D eigenvalue weighted by atomic mass is 32.2. The van der Waals surface area contributed by atoms with Gasteiger partial charge in [-0.25, -0.2) is 13.2 Å². The van der Waals surface area contributed by atoms with Crippen LogP contribution in [0.2, 0.25) is 0 Å². The molecule has 3 aromatic rings. The molecule has 0 radical (unpaired) electrons. The molecule has 0 fully saturated rings. The zero-order chi connectivity index (χ0) is 32.3. The summed E-state index contributed by atoms with van der Waals surface area (Å²) in [4.78, 5) is 50.4. The van der Waals surface area contributed by atoms with Crippen LogP contribution in [0.4, 0.5) is 5.69 Å². The van der Waals surface area contributed by atoms with Crippen molar-refractivity contribution in [3.8, 4) is 0 Å². The van der Waals surface area contributed by atoms with Crippen LogP contribution in [0.5, 0.6) is 0 Å². The van der Waals surface area contributed by atoms with E-state index in [1.807, 2.05) is 30.3 Å². The van der Waals surface area contributed by atoms with Gasteiger partial charge in [0.2, 0.25) is 21.7 Å². The minimum absolute atomic E-state index is 0.000702. The Kier molecular flexibility index (Phi) is 12.4. The van der Waals surface area contributed by atoms with Crippen molar-refractivity contribution < 1.29 is 32.7 Å². The zero-order valence-corrected chi connectivity index (χ0v) is 25.4. The first-order valence-corrected chi connectivity index (χ1v) is 16.1. The minimum Gasteiger partial charge on any atom is -0.480 e. The third-order valence-electron chi connectivity index (χ3n) is 6.64. The Morgan fingerprint density at radius 1 is 0.886 bits per heavy atom. The molecule has 236 valence electrons. The quantitative estimate of drug-likeness (QED) is 0.107. The molecule has 1 aromatic heterocycles. The van der Waals surface area contributed by atoms with Crippen LogP contribution in [0.15, 0.2) is 75.8 Å². The van der Waals surface area contributed by atoms with Crippen molar-refractivity contribution in [2.75, 3.05) is 18.8 Å². The van der Waals surface area contributed by atoms with Crippen molar-refractivity contribution in [1.82, 2.24) is 16.0 Å². The summed E-state index contributed by atoms with van der Waals surface area (Å²) in [7, 11) is -3.99. The summed E-state index contributed by atoms with van der Waals surface area (Å²) in [5.74, 6) is -3.63. The van der Waals surface area contributed by atoms with Crippen molar-refractivity contribution in [1.29, 1.82) is 0 Å². The molecule has 1 heterocycles. The smallest absolute Gasteiger partial charge is 0.328 e. The van der Waals surface area contributed by atoms with E-state index >= 15 is 0 Å². The number of carboxylic acid groups (broad SMARTS) is 1. The molecule has 2 aromatic carbocycles. The normalized spacial score (nSPS) is 13.3. The van der Waals surface area contributed by atoms with Crippen LogP contribution in [-0.2, 0) is 30.6 Å². The molecule has 0 spiro atoms. The number of hydrogen-bond acceptors (Lipinski definition) is 10. The van der Waals surface area contributed by atoms with Gasteiger partial charge in [0.1, 0.15) is 21.9 Å². The summed E-state index contributed by atoms with van der Waals surface area (Å²) in [6.07, 6.45) is 1.45. The molecule has 3 rings (SSSR count). The van der Waals surface area contributed by atoms with E-state index in [2.05, 4.69) is 16.0 Å². The van der Waals surface area contributed by atoms with E-state index < -0.39 is 58.2 Å². The summed E-state index contributed by atoms with van der Waals surface area (Å²) >= 11 is 0.785. The number of carbonyl (C=O) groups is 4. The maximum absolute atomic E-state index is 13.1. The maximum Gasteiger partial charge on any atom is 0.328 e. The SMILES string of the molecule is NCCCC[C@H](NC(=O)[C@@H](N)Cc1ccccc1)C(=O)N[C@@H](CNC(=O)c1scc(S(=O)(=O)c2ccccc2)c1N)C(=O)O. The predicted octanol–water partition coefficient (Wildman–Crippen LogP) is 0.646. The number of carboxylic acids is 1. The second kappa shape index (κ2) is 16.0. The van der Waals surface area contributed by atoms with Gasteiger partial charge in [-0.3, -0.25) is 14.4 Å². The summed E-state index contributed by atoms with van der Waals surface area (Å²) < 4.78 is 25.9. The van der Waals surface area contributed by atoms with Crippen LogP contribution in [0.1, 0.15) is 34.5 Å². The van der Waals surface area contributed by atoms with Gasteiger partial charge in [-0.15, -0.1) is 11.3 Å². The molecule has 3 atom stereocenters. The molecular formula is C29H36N6O7S2. The lowest BCUT2D eigenvalue weighted by Crippen LogP contribution is -2.56. The first-order valence-electron chi connectivity index (χ1n) is 13.7. The lowest BCUT2D eigenvalue weighted by atomic mass is 10.0. The number of rotatable bonds is 16. The predicted molar refractivity (Wildman–Crippen MR) is 165 cm³/mol. The summed E-state index contributed by atoms with van der Waals surface area (Å²) in [6, 6.07) is 13.0. The van der Waals surface area contributed by atoms with Crippen LogP contribution < -0.4 is 33.2 Å². The second-order valence-electron chi connectivity index (χ2n) is 9.91. The van der Waals surface area contributed by atoms with Gasteiger partial charge in [-0.2, -0.15) is 0 Å². The highest BCUT2D eigenvalue weighted by molar-refractivity contribution is 7.91. The molecule has 0 aliphatic rings. The van der Waals surface area contributed by atoms with Gasteiger partial charge in [0, 0.05) is 11.9 Å². The molecule has 0 saturated carbocycles. The van der Waals surface area contributed by atoms with E-state index in [9.17, 15) is 32.7 Å². The highest BCUT2D eigenvalue weighted by Crippen LogP contribution is 2.33. The number of anilines is 1. The van der Waals surface area contributed by atoms with E-state index in [4.69, 9.17) is 17.2 Å². The Bertz CT molecular complexity index is 1550. The number of unbranched alkanes of at least 4 members (excludes halogenated alkanes) is 1. The highest BCUT2D eigenvalue weighted by Gasteiger charge is 2.30. The lowest BCUT2D eigenvalue weighted by molar-refractivity contribution is -0.142. The Labute approximate surface area is 259 Å². The molecule has 0 unspecified atom stereocenters. The van der Waals surface area contributed by atoms with Gasteiger partial charge in [-0.05, 0) is 49.9 Å². The standard InChI is InChI=1S/C29H36N6O7S2/c30-14-8-7-13-21(34-26(36)20(31)15-18-9-3-1-4-10-18)27(37)35-22(29(39)40)16-33-28(38)25-24(32)23(17-43-25)44(41,42)19-11-5-2-6-12-19/h1-6,9-12,17,20-22H,7-8,13-16,30-32H2,(H,33,38)(H,34,36)(H,35,37)(H,39,40)/t20-,21-,22-/m0/s1. The average Bonchev–Trinajstić information content (AvgIpc) is 3.41. The van der Waals surface area contributed by atoms with E-state index in [1.54, 1.807) is 18.2 Å². The number of sulfone groups is 1. The van der Waals surface area contributed by atoms with E-state index in [0.717, 1.165) is 16.9 Å². The molecule has 0 saturated heterocycles. The van der Waals surface area contributed by atoms with Crippen LogP contribution in [0.25, 0.3) is 0 Å². The number of thiophene rings is 1. The van der Waals surface area contributed by atoms with Crippen molar-refractivity contribution in [2.24, 2.45) is 11.5 Å². The van der Waals surface area contributed by atoms with Crippen molar-refractivity contribution in [3.05, 3.63) is 76.5 Å². The Hall–Kier alpha value is -4.31. The van der Waals surface area contributed by atoms with E-state index in [-0.39, 0.29) is 33.2 Å². The average molecular weight is 645 g/mol. The maximum atomic E-state index is 13.1. The van der Waals surface area contributed by atoms with Gasteiger partial charge in [0.25, 0.3) is 5.91 Å². The Balaban J connectivity index is 1.66. The molecule has 44 heavy (non-hydrogen) atoms. The van der Waals surface area contributed by atoms with E-state index in [0.29, 0.717) is 19.4 Å². The van der Waals surface area contributed by atoms with Gasteiger partial charge >= 0.3 is 5.97 Å².